The molecular weight excluding hydrogens is 354 g/mol. The Labute approximate surface area is 164 Å². The number of ether oxygens (including phenoxy) is 2. The molecule has 0 aliphatic rings. The van der Waals surface area contributed by atoms with E-state index in [1.54, 1.807) is 38.6 Å². The molecule has 3 aromatic rings. The van der Waals surface area contributed by atoms with E-state index in [1.807, 2.05) is 42.5 Å². The summed E-state index contributed by atoms with van der Waals surface area (Å²) < 4.78 is 10.6. The summed E-state index contributed by atoms with van der Waals surface area (Å²) in [5.74, 6) is 1.18. The molecule has 0 saturated carbocycles. The lowest BCUT2D eigenvalue weighted by Crippen LogP contribution is -2.15. The van der Waals surface area contributed by atoms with Crippen LogP contribution in [0.1, 0.15) is 16.1 Å². The molecule has 144 valence electrons. The molecule has 0 saturated heterocycles. The van der Waals surface area contributed by atoms with Gasteiger partial charge in [0.25, 0.3) is 5.91 Å². The fraction of sp³-hybridized carbons (Fsp3) is 0.182. The predicted molar refractivity (Wildman–Crippen MR) is 110 cm³/mol. The molecule has 2 aromatic carbocycles. The van der Waals surface area contributed by atoms with E-state index in [1.165, 1.54) is 0 Å². The molecule has 0 spiro atoms. The number of anilines is 2. The van der Waals surface area contributed by atoms with E-state index in [9.17, 15) is 4.79 Å². The van der Waals surface area contributed by atoms with Crippen molar-refractivity contribution in [2.24, 2.45) is 0 Å². The van der Waals surface area contributed by atoms with Crippen LogP contribution in [-0.4, -0.2) is 31.7 Å². The van der Waals surface area contributed by atoms with Gasteiger partial charge in [0.2, 0.25) is 0 Å². The summed E-state index contributed by atoms with van der Waals surface area (Å²) in [6.07, 6.45) is 2.41. The molecule has 2 N–H and O–H groups in total. The van der Waals surface area contributed by atoms with Gasteiger partial charge in [-0.05, 0) is 42.3 Å². The van der Waals surface area contributed by atoms with Crippen LogP contribution in [-0.2, 0) is 6.42 Å². The minimum absolute atomic E-state index is 0.294. The van der Waals surface area contributed by atoms with Crippen molar-refractivity contribution in [3.63, 3.8) is 0 Å². The lowest BCUT2D eigenvalue weighted by Gasteiger charge is -2.11. The molecule has 1 amide bonds. The molecule has 0 unspecified atom stereocenters. The van der Waals surface area contributed by atoms with Crippen molar-refractivity contribution in [2.45, 2.75) is 6.42 Å². The zero-order valence-corrected chi connectivity index (χ0v) is 15.9. The van der Waals surface area contributed by atoms with Crippen molar-refractivity contribution in [3.05, 3.63) is 78.1 Å². The third-order valence-electron chi connectivity index (χ3n) is 4.26. The van der Waals surface area contributed by atoms with Crippen molar-refractivity contribution >= 4 is 17.3 Å². The first-order valence-corrected chi connectivity index (χ1v) is 8.97. The van der Waals surface area contributed by atoms with Crippen LogP contribution in [0.15, 0.2) is 66.9 Å². The number of aromatic nitrogens is 1. The Morgan fingerprint density at radius 2 is 1.68 bits per heavy atom. The number of hydrogen-bond donors (Lipinski definition) is 2. The zero-order valence-electron chi connectivity index (χ0n) is 15.9. The molecule has 0 atom stereocenters. The van der Waals surface area contributed by atoms with Gasteiger partial charge in [0.1, 0.15) is 17.2 Å². The number of nitrogens with zero attached hydrogens (tertiary/aromatic N) is 1. The number of rotatable bonds is 8. The summed E-state index contributed by atoms with van der Waals surface area (Å²) in [4.78, 5) is 16.7. The topological polar surface area (TPSA) is 72.5 Å². The van der Waals surface area contributed by atoms with E-state index < -0.39 is 0 Å². The van der Waals surface area contributed by atoms with E-state index in [4.69, 9.17) is 9.47 Å². The standard InChI is InChI=1S/C22H23N3O3/c1-27-20-9-5-3-7-16(20)11-13-23-17-12-14-24-19(15-17)22(26)25-18-8-4-6-10-21(18)28-2/h3-10,12,14-15H,11,13H2,1-2H3,(H,23,24)(H,25,26). The number of nitrogens with one attached hydrogen (secondary N) is 2. The van der Waals surface area contributed by atoms with Crippen LogP contribution in [0.25, 0.3) is 0 Å². The first-order chi connectivity index (χ1) is 13.7. The Morgan fingerprint density at radius 1 is 0.964 bits per heavy atom. The van der Waals surface area contributed by atoms with Crippen LogP contribution < -0.4 is 20.1 Å². The molecule has 0 aliphatic carbocycles. The SMILES string of the molecule is COc1ccccc1CCNc1ccnc(C(=O)Nc2ccccc2OC)c1. The summed E-state index contributed by atoms with van der Waals surface area (Å²) in [6.45, 7) is 0.706. The minimum atomic E-state index is -0.294. The van der Waals surface area contributed by atoms with Crippen LogP contribution in [0.2, 0.25) is 0 Å². The van der Waals surface area contributed by atoms with Gasteiger partial charge in [0, 0.05) is 18.4 Å². The molecule has 1 aromatic heterocycles. The highest BCUT2D eigenvalue weighted by Crippen LogP contribution is 2.24. The van der Waals surface area contributed by atoms with E-state index in [0.29, 0.717) is 23.7 Å². The second-order valence-electron chi connectivity index (χ2n) is 6.07. The highest BCUT2D eigenvalue weighted by Gasteiger charge is 2.11. The van der Waals surface area contributed by atoms with Gasteiger partial charge in [-0.1, -0.05) is 30.3 Å². The second-order valence-corrected chi connectivity index (χ2v) is 6.07. The molecule has 1 heterocycles. The quantitative estimate of drug-likeness (QED) is 0.621. The van der Waals surface area contributed by atoms with Crippen molar-refractivity contribution < 1.29 is 14.3 Å². The summed E-state index contributed by atoms with van der Waals surface area (Å²) in [5.41, 5.74) is 2.88. The van der Waals surface area contributed by atoms with Gasteiger partial charge in [-0.2, -0.15) is 0 Å². The summed E-state index contributed by atoms with van der Waals surface area (Å²) in [6, 6.07) is 18.7. The van der Waals surface area contributed by atoms with E-state index in [2.05, 4.69) is 15.6 Å². The van der Waals surface area contributed by atoms with Gasteiger partial charge < -0.3 is 20.1 Å². The lowest BCUT2D eigenvalue weighted by molar-refractivity contribution is 0.102. The number of amides is 1. The monoisotopic (exact) mass is 377 g/mol. The number of carbonyl (C=O) groups excluding carboxylic acids is 1. The largest absolute Gasteiger partial charge is 0.496 e. The number of para-hydroxylation sites is 3. The second kappa shape index (κ2) is 9.41. The van der Waals surface area contributed by atoms with Crippen LogP contribution in [0, 0.1) is 0 Å². The smallest absolute Gasteiger partial charge is 0.274 e. The summed E-state index contributed by atoms with van der Waals surface area (Å²) in [7, 11) is 3.23. The molecule has 6 nitrogen and oxygen atoms in total. The maximum atomic E-state index is 12.5. The van der Waals surface area contributed by atoms with Crippen LogP contribution >= 0.6 is 0 Å². The lowest BCUT2D eigenvalue weighted by atomic mass is 10.1. The first-order valence-electron chi connectivity index (χ1n) is 8.97. The normalized spacial score (nSPS) is 10.2. The Kier molecular flexibility index (Phi) is 6.46. The number of methoxy groups -OCH3 is 2. The third kappa shape index (κ3) is 4.79. The van der Waals surface area contributed by atoms with E-state index in [0.717, 1.165) is 23.4 Å². The average Bonchev–Trinajstić information content (AvgIpc) is 2.74. The van der Waals surface area contributed by atoms with Crippen LogP contribution in [0.3, 0.4) is 0 Å². The van der Waals surface area contributed by atoms with E-state index >= 15 is 0 Å². The molecular formula is C22H23N3O3. The summed E-state index contributed by atoms with van der Waals surface area (Å²) >= 11 is 0. The van der Waals surface area contributed by atoms with Gasteiger partial charge in [-0.25, -0.2) is 0 Å². The van der Waals surface area contributed by atoms with Gasteiger partial charge in [0.05, 0.1) is 19.9 Å². The highest BCUT2D eigenvalue weighted by molar-refractivity contribution is 6.04. The molecule has 28 heavy (non-hydrogen) atoms. The maximum absolute atomic E-state index is 12.5. The van der Waals surface area contributed by atoms with Crippen molar-refractivity contribution in [1.82, 2.24) is 4.98 Å². The first kappa shape index (κ1) is 19.2. The van der Waals surface area contributed by atoms with Crippen molar-refractivity contribution in [3.8, 4) is 11.5 Å². The number of hydrogen-bond acceptors (Lipinski definition) is 5. The van der Waals surface area contributed by atoms with Gasteiger partial charge in [-0.3, -0.25) is 9.78 Å². The summed E-state index contributed by atoms with van der Waals surface area (Å²) in [5, 5.41) is 6.16. The zero-order chi connectivity index (χ0) is 19.8. The van der Waals surface area contributed by atoms with Gasteiger partial charge >= 0.3 is 0 Å². The Morgan fingerprint density at radius 3 is 2.46 bits per heavy atom. The molecule has 0 fully saturated rings. The average molecular weight is 377 g/mol. The van der Waals surface area contributed by atoms with E-state index in [-0.39, 0.29) is 5.91 Å². The fourth-order valence-electron chi connectivity index (χ4n) is 2.85. The number of carbonyl (C=O) groups is 1. The number of pyridine rings is 1. The van der Waals surface area contributed by atoms with Crippen molar-refractivity contribution in [1.29, 1.82) is 0 Å². The molecule has 6 heteroatoms. The van der Waals surface area contributed by atoms with Crippen molar-refractivity contribution in [2.75, 3.05) is 31.4 Å². The Bertz CT molecular complexity index is 944. The van der Waals surface area contributed by atoms with Crippen LogP contribution in [0.5, 0.6) is 11.5 Å². The molecule has 3 rings (SSSR count). The van der Waals surface area contributed by atoms with Crippen LogP contribution in [0.4, 0.5) is 11.4 Å². The predicted octanol–water partition coefficient (Wildman–Crippen LogP) is 4.01. The molecule has 0 bridgehead atoms. The highest BCUT2D eigenvalue weighted by atomic mass is 16.5. The molecule has 0 radical (unpaired) electrons. The number of benzene rings is 2. The van der Waals surface area contributed by atoms with Gasteiger partial charge in [0.15, 0.2) is 0 Å². The Balaban J connectivity index is 1.62. The third-order valence-corrected chi connectivity index (χ3v) is 4.26. The fourth-order valence-corrected chi connectivity index (χ4v) is 2.85. The van der Waals surface area contributed by atoms with Gasteiger partial charge in [-0.15, -0.1) is 0 Å². The maximum Gasteiger partial charge on any atom is 0.274 e. The molecule has 0 aliphatic heterocycles. The minimum Gasteiger partial charge on any atom is -0.496 e. The Hall–Kier alpha value is -3.54.